The molecule has 0 radical (unpaired) electrons. The number of nitrogens with one attached hydrogen (secondary N) is 1. The van der Waals surface area contributed by atoms with Crippen molar-refractivity contribution in [2.24, 2.45) is 0 Å². The summed E-state index contributed by atoms with van der Waals surface area (Å²) in [7, 11) is 0. The number of hydrogen-bond acceptors (Lipinski definition) is 3. The summed E-state index contributed by atoms with van der Waals surface area (Å²) >= 11 is 1.72. The first-order valence-corrected chi connectivity index (χ1v) is 9.88. The maximum absolute atomic E-state index is 13.4. The van der Waals surface area contributed by atoms with Gasteiger partial charge in [0.25, 0.3) is 5.91 Å². The summed E-state index contributed by atoms with van der Waals surface area (Å²) in [5, 5.41) is 3.55. The van der Waals surface area contributed by atoms with Crippen LogP contribution in [-0.2, 0) is 13.0 Å². The van der Waals surface area contributed by atoms with Gasteiger partial charge in [0, 0.05) is 22.0 Å². The van der Waals surface area contributed by atoms with Crippen LogP contribution in [0.5, 0.6) is 0 Å². The average molecular weight is 380 g/mol. The normalized spacial score (nSPS) is 16.2. The third kappa shape index (κ3) is 3.35. The lowest BCUT2D eigenvalue weighted by Crippen LogP contribution is -2.42. The monoisotopic (exact) mass is 380 g/mol. The zero-order valence-corrected chi connectivity index (χ0v) is 16.1. The minimum Gasteiger partial charge on any atom is -0.360 e. The summed E-state index contributed by atoms with van der Waals surface area (Å²) in [5.74, 6) is -0.270. The van der Waals surface area contributed by atoms with Crippen molar-refractivity contribution in [2.75, 3.05) is 5.32 Å². The van der Waals surface area contributed by atoms with Gasteiger partial charge in [-0.25, -0.2) is 4.39 Å². The topological polar surface area (TPSA) is 32.3 Å². The van der Waals surface area contributed by atoms with Gasteiger partial charge in [-0.05, 0) is 54.8 Å². The summed E-state index contributed by atoms with van der Waals surface area (Å²) in [4.78, 5) is 17.6. The van der Waals surface area contributed by atoms with Gasteiger partial charge in [-0.3, -0.25) is 4.79 Å². The summed E-state index contributed by atoms with van der Waals surface area (Å²) in [6.07, 6.45) is 0.737. The number of carbonyl (C=O) groups excluding carboxylic acids is 1. The van der Waals surface area contributed by atoms with Crippen LogP contribution in [0.25, 0.3) is 0 Å². The van der Waals surface area contributed by atoms with Crippen molar-refractivity contribution in [3.8, 4) is 0 Å². The highest BCUT2D eigenvalue weighted by Crippen LogP contribution is 2.38. The van der Waals surface area contributed by atoms with Gasteiger partial charge in [-0.2, -0.15) is 0 Å². The molecule has 1 aliphatic heterocycles. The number of fused-ring (bicyclic) bond motifs is 1. The Morgan fingerprint density at radius 2 is 1.89 bits per heavy atom. The molecule has 1 amide bonds. The predicted molar refractivity (Wildman–Crippen MR) is 108 cm³/mol. The standard InChI is InChI=1S/C22H21FN2OS/c1-3-17-11-12-19(27-17)21-24-18-6-4-5-14(2)20(18)22(26)25(21)13-15-7-9-16(23)10-8-15/h4-12,21,24H,3,13H2,1-2H3. The molecule has 138 valence electrons. The second kappa shape index (κ2) is 7.16. The molecule has 3 nitrogen and oxygen atoms in total. The maximum Gasteiger partial charge on any atom is 0.258 e. The molecular formula is C22H21FN2OS. The Balaban J connectivity index is 1.76. The zero-order chi connectivity index (χ0) is 19.0. The lowest BCUT2D eigenvalue weighted by molar-refractivity contribution is 0.0669. The first kappa shape index (κ1) is 17.7. The van der Waals surface area contributed by atoms with Crippen molar-refractivity contribution in [3.63, 3.8) is 0 Å². The van der Waals surface area contributed by atoms with E-state index in [1.165, 1.54) is 17.0 Å². The molecule has 1 aliphatic rings. The molecule has 1 unspecified atom stereocenters. The van der Waals surface area contributed by atoms with Gasteiger partial charge in [-0.15, -0.1) is 11.3 Å². The Kier molecular flexibility index (Phi) is 4.70. The molecule has 0 bridgehead atoms. The number of carbonyl (C=O) groups is 1. The minimum absolute atomic E-state index is 0.00243. The van der Waals surface area contributed by atoms with Crippen LogP contribution in [0.3, 0.4) is 0 Å². The van der Waals surface area contributed by atoms with E-state index in [0.717, 1.165) is 28.1 Å². The molecule has 0 spiro atoms. The van der Waals surface area contributed by atoms with Crippen LogP contribution < -0.4 is 5.32 Å². The van der Waals surface area contributed by atoms with Crippen molar-refractivity contribution in [2.45, 2.75) is 33.0 Å². The summed E-state index contributed by atoms with van der Waals surface area (Å²) in [5.41, 5.74) is 3.43. The molecule has 3 aromatic rings. The predicted octanol–water partition coefficient (Wildman–Crippen LogP) is 5.52. The molecule has 5 heteroatoms. The van der Waals surface area contributed by atoms with Crippen LogP contribution in [0, 0.1) is 12.7 Å². The van der Waals surface area contributed by atoms with Crippen LogP contribution in [-0.4, -0.2) is 10.8 Å². The van der Waals surface area contributed by atoms with Crippen molar-refractivity contribution in [1.29, 1.82) is 0 Å². The molecule has 1 aromatic heterocycles. The minimum atomic E-state index is -0.273. The number of amides is 1. The lowest BCUT2D eigenvalue weighted by atomic mass is 10.0. The molecule has 0 aliphatic carbocycles. The highest BCUT2D eigenvalue weighted by atomic mass is 32.1. The van der Waals surface area contributed by atoms with E-state index in [1.807, 2.05) is 30.0 Å². The SMILES string of the molecule is CCc1ccc(C2Nc3cccc(C)c3C(=O)N2Cc2ccc(F)cc2)s1. The van der Waals surface area contributed by atoms with Crippen molar-refractivity contribution in [3.05, 3.63) is 86.9 Å². The van der Waals surface area contributed by atoms with Gasteiger partial charge in [0.05, 0.1) is 5.56 Å². The van der Waals surface area contributed by atoms with E-state index in [9.17, 15) is 9.18 Å². The Morgan fingerprint density at radius 1 is 1.11 bits per heavy atom. The van der Waals surface area contributed by atoms with Gasteiger partial charge in [0.2, 0.25) is 0 Å². The molecule has 0 saturated heterocycles. The maximum atomic E-state index is 13.4. The van der Waals surface area contributed by atoms with E-state index in [4.69, 9.17) is 0 Å². The Hall–Kier alpha value is -2.66. The highest BCUT2D eigenvalue weighted by molar-refractivity contribution is 7.12. The summed E-state index contributed by atoms with van der Waals surface area (Å²) < 4.78 is 13.3. The van der Waals surface area contributed by atoms with E-state index in [0.29, 0.717) is 12.1 Å². The number of nitrogens with zero attached hydrogens (tertiary/aromatic N) is 1. The number of anilines is 1. The molecule has 4 rings (SSSR count). The van der Waals surface area contributed by atoms with Gasteiger partial charge in [0.15, 0.2) is 0 Å². The summed E-state index contributed by atoms with van der Waals surface area (Å²) in [6.45, 7) is 4.50. The lowest BCUT2D eigenvalue weighted by Gasteiger charge is -2.38. The molecule has 2 aromatic carbocycles. The fourth-order valence-electron chi connectivity index (χ4n) is 3.46. The number of aryl methyl sites for hydroxylation is 2. The van der Waals surface area contributed by atoms with Crippen molar-refractivity contribution < 1.29 is 9.18 Å². The third-order valence-electron chi connectivity index (χ3n) is 4.92. The number of thiophene rings is 1. The van der Waals surface area contributed by atoms with Crippen LogP contribution in [0.15, 0.2) is 54.6 Å². The first-order valence-electron chi connectivity index (χ1n) is 9.07. The van der Waals surface area contributed by atoms with Gasteiger partial charge >= 0.3 is 0 Å². The van der Waals surface area contributed by atoms with Gasteiger partial charge < -0.3 is 10.2 Å². The molecule has 1 N–H and O–H groups in total. The molecule has 2 heterocycles. The summed E-state index contributed by atoms with van der Waals surface area (Å²) in [6, 6.07) is 16.4. The molecule has 0 fully saturated rings. The Bertz CT molecular complexity index is 980. The highest BCUT2D eigenvalue weighted by Gasteiger charge is 2.34. The third-order valence-corrected chi connectivity index (χ3v) is 6.20. The van der Waals surface area contributed by atoms with E-state index in [1.54, 1.807) is 23.5 Å². The van der Waals surface area contributed by atoms with Crippen LogP contribution in [0.2, 0.25) is 0 Å². The fourth-order valence-corrected chi connectivity index (χ4v) is 4.48. The largest absolute Gasteiger partial charge is 0.360 e. The Labute approximate surface area is 162 Å². The van der Waals surface area contributed by atoms with E-state index in [-0.39, 0.29) is 17.9 Å². The van der Waals surface area contributed by atoms with Crippen LogP contribution in [0.4, 0.5) is 10.1 Å². The fraction of sp³-hybridized carbons (Fsp3) is 0.227. The first-order chi connectivity index (χ1) is 13.1. The van der Waals surface area contributed by atoms with E-state index >= 15 is 0 Å². The number of hydrogen-bond donors (Lipinski definition) is 1. The smallest absolute Gasteiger partial charge is 0.258 e. The molecular weight excluding hydrogens is 359 g/mol. The second-order valence-corrected chi connectivity index (χ2v) is 7.96. The van der Waals surface area contributed by atoms with E-state index in [2.05, 4.69) is 24.4 Å². The Morgan fingerprint density at radius 3 is 2.59 bits per heavy atom. The second-order valence-electron chi connectivity index (χ2n) is 6.76. The van der Waals surface area contributed by atoms with Crippen LogP contribution in [0.1, 0.15) is 44.3 Å². The number of benzene rings is 2. The molecule has 1 atom stereocenters. The number of rotatable bonds is 4. The van der Waals surface area contributed by atoms with Crippen molar-refractivity contribution in [1.82, 2.24) is 4.90 Å². The van der Waals surface area contributed by atoms with Gasteiger partial charge in [0.1, 0.15) is 12.0 Å². The quantitative estimate of drug-likeness (QED) is 0.646. The van der Waals surface area contributed by atoms with Gasteiger partial charge in [-0.1, -0.05) is 31.2 Å². The number of halogens is 1. The zero-order valence-electron chi connectivity index (χ0n) is 15.3. The average Bonchev–Trinajstić information content (AvgIpc) is 3.14. The molecule has 27 heavy (non-hydrogen) atoms. The van der Waals surface area contributed by atoms with Crippen LogP contribution >= 0.6 is 11.3 Å². The molecule has 0 saturated carbocycles. The van der Waals surface area contributed by atoms with E-state index < -0.39 is 0 Å². The van der Waals surface area contributed by atoms with Crippen molar-refractivity contribution >= 4 is 22.9 Å².